The molecule has 17 heavy (non-hydrogen) atoms. The van der Waals surface area contributed by atoms with Gasteiger partial charge in [0.15, 0.2) is 5.75 Å². The zero-order valence-electron chi connectivity index (χ0n) is 9.09. The summed E-state index contributed by atoms with van der Waals surface area (Å²) in [6.45, 7) is 0. The first-order valence-electron chi connectivity index (χ1n) is 5.09. The molecule has 0 aliphatic rings. The first kappa shape index (κ1) is 11.0. The summed E-state index contributed by atoms with van der Waals surface area (Å²) in [7, 11) is 0. The molecule has 2 aromatic carbocycles. The molecule has 0 fully saturated rings. The monoisotopic (exact) mass is 228 g/mol. The Hall–Kier alpha value is -2.49. The summed E-state index contributed by atoms with van der Waals surface area (Å²) in [6, 6.07) is 13.5. The molecular weight excluding hydrogens is 216 g/mol. The number of carbonyl (C=O) groups is 1. The molecule has 2 rings (SSSR count). The number of esters is 1. The number of benzene rings is 2. The predicted octanol–water partition coefficient (Wildman–Crippen LogP) is 2.07. The maximum atomic E-state index is 11.8. The van der Waals surface area contributed by atoms with Gasteiger partial charge < -0.3 is 16.2 Å². The number of rotatable bonds is 2. The SMILES string of the molecule is Nc1ccccc1OC(=O)c1ccccc1N. The van der Waals surface area contributed by atoms with Crippen molar-refractivity contribution >= 4 is 17.3 Å². The largest absolute Gasteiger partial charge is 0.421 e. The Morgan fingerprint density at radius 1 is 0.882 bits per heavy atom. The highest BCUT2D eigenvalue weighted by Crippen LogP contribution is 2.22. The lowest BCUT2D eigenvalue weighted by molar-refractivity contribution is 0.0737. The van der Waals surface area contributed by atoms with Crippen LogP contribution < -0.4 is 16.2 Å². The van der Waals surface area contributed by atoms with E-state index in [1.54, 1.807) is 48.5 Å². The summed E-state index contributed by atoms with van der Waals surface area (Å²) in [5.41, 5.74) is 12.5. The number of hydrogen-bond donors (Lipinski definition) is 2. The minimum atomic E-state index is -0.513. The van der Waals surface area contributed by atoms with Crippen LogP contribution in [0.15, 0.2) is 48.5 Å². The molecule has 4 nitrogen and oxygen atoms in total. The Kier molecular flexibility index (Phi) is 2.96. The lowest BCUT2D eigenvalue weighted by Gasteiger charge is -2.07. The summed E-state index contributed by atoms with van der Waals surface area (Å²) < 4.78 is 5.17. The Balaban J connectivity index is 2.24. The van der Waals surface area contributed by atoms with Crippen molar-refractivity contribution in [1.29, 1.82) is 0 Å². The van der Waals surface area contributed by atoms with E-state index in [0.29, 0.717) is 22.7 Å². The average Bonchev–Trinajstić information content (AvgIpc) is 2.32. The van der Waals surface area contributed by atoms with Crippen molar-refractivity contribution < 1.29 is 9.53 Å². The maximum Gasteiger partial charge on any atom is 0.345 e. The summed E-state index contributed by atoms with van der Waals surface area (Å²) >= 11 is 0. The number of nitrogens with two attached hydrogens (primary N) is 2. The molecule has 0 bridgehead atoms. The maximum absolute atomic E-state index is 11.8. The van der Waals surface area contributed by atoms with Crippen LogP contribution in [0, 0.1) is 0 Å². The van der Waals surface area contributed by atoms with E-state index in [1.807, 2.05) is 0 Å². The molecule has 0 aliphatic heterocycles. The normalized spacial score (nSPS) is 9.88. The first-order chi connectivity index (χ1) is 8.18. The fourth-order valence-electron chi connectivity index (χ4n) is 1.41. The topological polar surface area (TPSA) is 78.3 Å². The van der Waals surface area contributed by atoms with Gasteiger partial charge >= 0.3 is 5.97 Å². The molecule has 4 N–H and O–H groups in total. The summed E-state index contributed by atoms with van der Waals surface area (Å²) in [6.07, 6.45) is 0. The van der Waals surface area contributed by atoms with E-state index in [0.717, 1.165) is 0 Å². The second-order valence-electron chi connectivity index (χ2n) is 3.51. The van der Waals surface area contributed by atoms with Gasteiger partial charge in [0.25, 0.3) is 0 Å². The summed E-state index contributed by atoms with van der Waals surface area (Å²) in [4.78, 5) is 11.8. The number of anilines is 2. The third kappa shape index (κ3) is 2.36. The van der Waals surface area contributed by atoms with Crippen LogP contribution in [-0.4, -0.2) is 5.97 Å². The number of carbonyl (C=O) groups excluding carboxylic acids is 1. The smallest absolute Gasteiger partial charge is 0.345 e. The molecule has 0 amide bonds. The van der Waals surface area contributed by atoms with Crippen molar-refractivity contribution in [3.8, 4) is 5.75 Å². The zero-order valence-corrected chi connectivity index (χ0v) is 9.09. The summed E-state index contributed by atoms with van der Waals surface area (Å²) in [5, 5.41) is 0. The Bertz CT molecular complexity index is 553. The average molecular weight is 228 g/mol. The Morgan fingerprint density at radius 3 is 2.12 bits per heavy atom. The highest BCUT2D eigenvalue weighted by molar-refractivity contribution is 5.96. The van der Waals surface area contributed by atoms with Crippen molar-refractivity contribution in [3.05, 3.63) is 54.1 Å². The van der Waals surface area contributed by atoms with Crippen LogP contribution in [0.3, 0.4) is 0 Å². The van der Waals surface area contributed by atoms with E-state index >= 15 is 0 Å². The van der Waals surface area contributed by atoms with Crippen molar-refractivity contribution in [2.45, 2.75) is 0 Å². The molecule has 4 heteroatoms. The van der Waals surface area contributed by atoms with Crippen LogP contribution in [0.25, 0.3) is 0 Å². The molecule has 0 aliphatic carbocycles. The van der Waals surface area contributed by atoms with Gasteiger partial charge in [0.05, 0.1) is 11.3 Å². The van der Waals surface area contributed by atoms with Crippen molar-refractivity contribution in [1.82, 2.24) is 0 Å². The molecule has 0 radical (unpaired) electrons. The minimum absolute atomic E-state index is 0.329. The van der Waals surface area contributed by atoms with Crippen molar-refractivity contribution in [3.63, 3.8) is 0 Å². The molecular formula is C13H12N2O2. The van der Waals surface area contributed by atoms with Crippen LogP contribution in [0.1, 0.15) is 10.4 Å². The van der Waals surface area contributed by atoms with Crippen molar-refractivity contribution in [2.75, 3.05) is 11.5 Å². The molecule has 2 aromatic rings. The third-order valence-corrected chi connectivity index (χ3v) is 2.30. The van der Waals surface area contributed by atoms with Gasteiger partial charge in [-0.1, -0.05) is 24.3 Å². The van der Waals surface area contributed by atoms with Crippen LogP contribution >= 0.6 is 0 Å². The second-order valence-corrected chi connectivity index (χ2v) is 3.51. The Morgan fingerprint density at radius 2 is 1.47 bits per heavy atom. The number of ether oxygens (including phenoxy) is 1. The van der Waals surface area contributed by atoms with E-state index < -0.39 is 5.97 Å². The zero-order chi connectivity index (χ0) is 12.3. The van der Waals surface area contributed by atoms with Gasteiger partial charge in [-0.3, -0.25) is 0 Å². The van der Waals surface area contributed by atoms with Crippen molar-refractivity contribution in [2.24, 2.45) is 0 Å². The predicted molar refractivity (Wildman–Crippen MR) is 66.7 cm³/mol. The van der Waals surface area contributed by atoms with Gasteiger partial charge in [0, 0.05) is 5.69 Å². The van der Waals surface area contributed by atoms with Crippen LogP contribution in [0.4, 0.5) is 11.4 Å². The van der Waals surface area contributed by atoms with Crippen LogP contribution in [0.5, 0.6) is 5.75 Å². The molecule has 0 heterocycles. The molecule has 0 spiro atoms. The van der Waals surface area contributed by atoms with Gasteiger partial charge in [-0.25, -0.2) is 4.79 Å². The summed E-state index contributed by atoms with van der Waals surface area (Å²) in [5.74, 6) is -0.179. The fraction of sp³-hybridized carbons (Fsp3) is 0. The van der Waals surface area contributed by atoms with E-state index in [4.69, 9.17) is 16.2 Å². The highest BCUT2D eigenvalue weighted by atomic mass is 16.5. The van der Waals surface area contributed by atoms with E-state index in [-0.39, 0.29) is 0 Å². The number of hydrogen-bond acceptors (Lipinski definition) is 4. The van der Waals surface area contributed by atoms with Gasteiger partial charge in [-0.2, -0.15) is 0 Å². The van der Waals surface area contributed by atoms with E-state index in [9.17, 15) is 4.79 Å². The van der Waals surface area contributed by atoms with Crippen LogP contribution in [-0.2, 0) is 0 Å². The van der Waals surface area contributed by atoms with Crippen LogP contribution in [0.2, 0.25) is 0 Å². The third-order valence-electron chi connectivity index (χ3n) is 2.30. The molecule has 86 valence electrons. The lowest BCUT2D eigenvalue weighted by Crippen LogP contribution is -2.11. The van der Waals surface area contributed by atoms with Gasteiger partial charge in [0.1, 0.15) is 0 Å². The minimum Gasteiger partial charge on any atom is -0.421 e. The first-order valence-corrected chi connectivity index (χ1v) is 5.09. The number of para-hydroxylation sites is 3. The quantitative estimate of drug-likeness (QED) is 0.468. The lowest BCUT2D eigenvalue weighted by atomic mass is 10.2. The molecule has 0 atom stereocenters. The molecule has 0 aromatic heterocycles. The highest BCUT2D eigenvalue weighted by Gasteiger charge is 2.12. The standard InChI is InChI=1S/C13H12N2O2/c14-10-6-2-1-5-9(10)13(16)17-12-8-4-3-7-11(12)15/h1-8H,14-15H2. The van der Waals surface area contributed by atoms with Gasteiger partial charge in [-0.05, 0) is 24.3 Å². The second kappa shape index (κ2) is 4.57. The van der Waals surface area contributed by atoms with Gasteiger partial charge in [0.2, 0.25) is 0 Å². The number of nitrogen functional groups attached to an aromatic ring is 2. The van der Waals surface area contributed by atoms with E-state index in [1.165, 1.54) is 0 Å². The molecule has 0 saturated carbocycles. The van der Waals surface area contributed by atoms with E-state index in [2.05, 4.69) is 0 Å². The molecule has 0 unspecified atom stereocenters. The molecule has 0 saturated heterocycles. The van der Waals surface area contributed by atoms with Gasteiger partial charge in [-0.15, -0.1) is 0 Å². The Labute approximate surface area is 98.8 Å². The fourth-order valence-corrected chi connectivity index (χ4v) is 1.41.